The number of aliphatic imine (C=N–C) groups is 1. The van der Waals surface area contributed by atoms with Gasteiger partial charge in [0.15, 0.2) is 5.96 Å². The van der Waals surface area contributed by atoms with Gasteiger partial charge in [0.05, 0.1) is 6.54 Å². The molecule has 0 heterocycles. The third kappa shape index (κ3) is 6.74. The molecule has 5 nitrogen and oxygen atoms in total. The number of guanidine groups is 1. The molecule has 0 radical (unpaired) electrons. The lowest BCUT2D eigenvalue weighted by Gasteiger charge is -2.05. The highest BCUT2D eigenvalue weighted by Crippen LogP contribution is 2.05. The zero-order chi connectivity index (χ0) is 14.1. The predicted molar refractivity (Wildman–Crippen MR) is 93.5 cm³/mol. The predicted octanol–water partition coefficient (Wildman–Crippen LogP) is 1.87. The molecule has 0 saturated heterocycles. The van der Waals surface area contributed by atoms with Crippen LogP contribution in [0.25, 0.3) is 0 Å². The number of rotatable bonds is 6. The number of halogens is 1. The van der Waals surface area contributed by atoms with Gasteiger partial charge in [0.1, 0.15) is 0 Å². The summed E-state index contributed by atoms with van der Waals surface area (Å²) in [4.78, 5) is 15.8. The number of amides is 1. The summed E-state index contributed by atoms with van der Waals surface area (Å²) in [5, 5.41) is 5.77. The molecule has 4 N–H and O–H groups in total. The molecule has 1 aromatic rings. The average Bonchev–Trinajstić information content (AvgIpc) is 2.43. The van der Waals surface area contributed by atoms with Crippen molar-refractivity contribution in [2.45, 2.75) is 26.8 Å². The molecular formula is C14H23IN4O. The second-order valence-corrected chi connectivity index (χ2v) is 4.18. The van der Waals surface area contributed by atoms with Crippen LogP contribution in [-0.2, 0) is 6.54 Å². The highest BCUT2D eigenvalue weighted by atomic mass is 127. The van der Waals surface area contributed by atoms with Crippen LogP contribution in [0, 0.1) is 0 Å². The summed E-state index contributed by atoms with van der Waals surface area (Å²) < 4.78 is 0. The highest BCUT2D eigenvalue weighted by molar-refractivity contribution is 14.0. The summed E-state index contributed by atoms with van der Waals surface area (Å²) in [6.07, 6.45) is 1.01. The largest absolute Gasteiger partial charge is 0.370 e. The van der Waals surface area contributed by atoms with Crippen molar-refractivity contribution < 1.29 is 4.79 Å². The summed E-state index contributed by atoms with van der Waals surface area (Å²) in [6, 6.07) is 7.37. The van der Waals surface area contributed by atoms with E-state index in [0.717, 1.165) is 18.5 Å². The molecule has 0 spiro atoms. The third-order valence-electron chi connectivity index (χ3n) is 2.54. The molecule has 0 aliphatic heterocycles. The summed E-state index contributed by atoms with van der Waals surface area (Å²) in [7, 11) is 0. The first kappa shape index (κ1) is 18.7. The Kier molecular flexibility index (Phi) is 9.79. The first-order valence-electron chi connectivity index (χ1n) is 6.58. The maximum Gasteiger partial charge on any atom is 0.251 e. The maximum atomic E-state index is 11.6. The van der Waals surface area contributed by atoms with Gasteiger partial charge in [0.2, 0.25) is 0 Å². The molecule has 1 amide bonds. The zero-order valence-electron chi connectivity index (χ0n) is 12.0. The second kappa shape index (κ2) is 10.5. The summed E-state index contributed by atoms with van der Waals surface area (Å²) in [6.45, 7) is 5.93. The molecule has 0 fully saturated rings. The van der Waals surface area contributed by atoms with Crippen LogP contribution in [0.1, 0.15) is 36.2 Å². The fourth-order valence-electron chi connectivity index (χ4n) is 1.51. The van der Waals surface area contributed by atoms with E-state index in [-0.39, 0.29) is 29.9 Å². The van der Waals surface area contributed by atoms with Crippen LogP contribution in [0.3, 0.4) is 0 Å². The maximum absolute atomic E-state index is 11.6. The number of hydrogen-bond donors (Lipinski definition) is 3. The van der Waals surface area contributed by atoms with Crippen LogP contribution in [0.5, 0.6) is 0 Å². The van der Waals surface area contributed by atoms with Crippen molar-refractivity contribution in [1.29, 1.82) is 0 Å². The summed E-state index contributed by atoms with van der Waals surface area (Å²) in [5.41, 5.74) is 7.38. The van der Waals surface area contributed by atoms with E-state index in [0.29, 0.717) is 24.6 Å². The van der Waals surface area contributed by atoms with Gasteiger partial charge < -0.3 is 16.4 Å². The third-order valence-corrected chi connectivity index (χ3v) is 2.54. The quantitative estimate of drug-likeness (QED) is 0.394. The number of nitrogens with one attached hydrogen (secondary N) is 2. The number of carbonyl (C=O) groups is 1. The van der Waals surface area contributed by atoms with Gasteiger partial charge in [-0.15, -0.1) is 24.0 Å². The van der Waals surface area contributed by atoms with Crippen molar-refractivity contribution in [1.82, 2.24) is 10.6 Å². The Balaban J connectivity index is 0.00000361. The van der Waals surface area contributed by atoms with Crippen molar-refractivity contribution in [3.8, 4) is 0 Å². The summed E-state index contributed by atoms with van der Waals surface area (Å²) >= 11 is 0. The first-order chi connectivity index (χ1) is 9.17. The molecule has 0 saturated carbocycles. The minimum absolute atomic E-state index is 0. The molecule has 0 unspecified atom stereocenters. The first-order valence-corrected chi connectivity index (χ1v) is 6.58. The molecule has 0 bridgehead atoms. The van der Waals surface area contributed by atoms with Gasteiger partial charge in [0.25, 0.3) is 5.91 Å². The lowest BCUT2D eigenvalue weighted by Crippen LogP contribution is -2.32. The molecule has 0 aliphatic carbocycles. The van der Waals surface area contributed by atoms with Gasteiger partial charge in [0, 0.05) is 18.7 Å². The Morgan fingerprint density at radius 2 is 1.85 bits per heavy atom. The van der Waals surface area contributed by atoms with Gasteiger partial charge in [-0.1, -0.05) is 19.1 Å². The fourth-order valence-corrected chi connectivity index (χ4v) is 1.51. The number of nitrogens with two attached hydrogens (primary N) is 1. The van der Waals surface area contributed by atoms with Gasteiger partial charge in [-0.05, 0) is 31.0 Å². The molecule has 0 aliphatic rings. The van der Waals surface area contributed by atoms with Crippen LogP contribution in [0.2, 0.25) is 0 Å². The van der Waals surface area contributed by atoms with Crippen molar-refractivity contribution in [2.75, 3.05) is 13.1 Å². The standard InChI is InChI=1S/C14H22N4O.HI/c1-3-9-17-14(15)18-10-11-5-7-12(8-6-11)13(19)16-4-2;/h5-8H,3-4,9-10H2,1-2H3,(H,16,19)(H3,15,17,18);1H. The van der Waals surface area contributed by atoms with E-state index >= 15 is 0 Å². The lowest BCUT2D eigenvalue weighted by atomic mass is 10.1. The van der Waals surface area contributed by atoms with E-state index < -0.39 is 0 Å². The van der Waals surface area contributed by atoms with E-state index in [1.807, 2.05) is 19.1 Å². The number of carbonyl (C=O) groups excluding carboxylic acids is 1. The smallest absolute Gasteiger partial charge is 0.251 e. The van der Waals surface area contributed by atoms with E-state index in [1.165, 1.54) is 0 Å². The molecule has 0 atom stereocenters. The van der Waals surface area contributed by atoms with Crippen LogP contribution in [-0.4, -0.2) is 25.0 Å². The van der Waals surface area contributed by atoms with Crippen LogP contribution >= 0.6 is 24.0 Å². The van der Waals surface area contributed by atoms with Crippen LogP contribution in [0.4, 0.5) is 0 Å². The minimum atomic E-state index is -0.0540. The number of benzene rings is 1. The summed E-state index contributed by atoms with van der Waals surface area (Å²) in [5.74, 6) is 0.399. The second-order valence-electron chi connectivity index (χ2n) is 4.18. The van der Waals surface area contributed by atoms with E-state index in [2.05, 4.69) is 22.5 Å². The van der Waals surface area contributed by atoms with E-state index in [9.17, 15) is 4.79 Å². The Hall–Kier alpha value is -1.31. The van der Waals surface area contributed by atoms with Crippen molar-refractivity contribution in [2.24, 2.45) is 10.7 Å². The van der Waals surface area contributed by atoms with Crippen molar-refractivity contribution >= 4 is 35.8 Å². The van der Waals surface area contributed by atoms with Gasteiger partial charge in [-0.25, -0.2) is 4.99 Å². The van der Waals surface area contributed by atoms with Crippen molar-refractivity contribution in [3.05, 3.63) is 35.4 Å². The number of hydrogen-bond acceptors (Lipinski definition) is 2. The molecule has 6 heteroatoms. The van der Waals surface area contributed by atoms with Gasteiger partial charge in [-0.3, -0.25) is 4.79 Å². The van der Waals surface area contributed by atoms with E-state index in [1.54, 1.807) is 12.1 Å². The normalized spacial score (nSPS) is 10.6. The molecule has 20 heavy (non-hydrogen) atoms. The Labute approximate surface area is 137 Å². The topological polar surface area (TPSA) is 79.5 Å². The lowest BCUT2D eigenvalue weighted by molar-refractivity contribution is 0.0956. The van der Waals surface area contributed by atoms with Crippen molar-refractivity contribution in [3.63, 3.8) is 0 Å². The Morgan fingerprint density at radius 3 is 2.40 bits per heavy atom. The number of nitrogens with zero attached hydrogens (tertiary/aromatic N) is 1. The molecule has 1 rings (SSSR count). The Morgan fingerprint density at radius 1 is 1.20 bits per heavy atom. The van der Waals surface area contributed by atoms with Gasteiger partial charge >= 0.3 is 0 Å². The Bertz CT molecular complexity index is 431. The average molecular weight is 390 g/mol. The van der Waals surface area contributed by atoms with Crippen LogP contribution in [0.15, 0.2) is 29.3 Å². The highest BCUT2D eigenvalue weighted by Gasteiger charge is 2.03. The minimum Gasteiger partial charge on any atom is -0.370 e. The van der Waals surface area contributed by atoms with Crippen LogP contribution < -0.4 is 16.4 Å². The van der Waals surface area contributed by atoms with E-state index in [4.69, 9.17) is 5.73 Å². The molecule has 1 aromatic carbocycles. The monoisotopic (exact) mass is 390 g/mol. The fraction of sp³-hybridized carbons (Fsp3) is 0.429. The zero-order valence-corrected chi connectivity index (χ0v) is 14.3. The molecular weight excluding hydrogens is 367 g/mol. The van der Waals surface area contributed by atoms with Gasteiger partial charge in [-0.2, -0.15) is 0 Å². The molecule has 112 valence electrons. The SMILES string of the molecule is CCCNC(N)=NCc1ccc(C(=O)NCC)cc1.I. The molecule has 0 aromatic heterocycles.